The number of rotatable bonds is 7. The molecule has 3 aromatic rings. The number of nitrogens with zero attached hydrogens (tertiary/aromatic N) is 3. The first-order valence-electron chi connectivity index (χ1n) is 10.1. The molecular weight excluding hydrogens is 488 g/mol. The van der Waals surface area contributed by atoms with Crippen LogP contribution in [0.4, 0.5) is 6.01 Å². The van der Waals surface area contributed by atoms with Crippen LogP contribution in [0.2, 0.25) is 0 Å². The van der Waals surface area contributed by atoms with Crippen LogP contribution in [0.5, 0.6) is 0 Å². The summed E-state index contributed by atoms with van der Waals surface area (Å²) in [5.41, 5.74) is 0.754. The van der Waals surface area contributed by atoms with Gasteiger partial charge in [-0.25, -0.2) is 16.8 Å². The number of piperidine rings is 1. The molecule has 1 atom stereocenters. The second-order valence-corrected chi connectivity index (χ2v) is 12.7. The van der Waals surface area contributed by atoms with E-state index in [4.69, 9.17) is 4.42 Å². The zero-order chi connectivity index (χ0) is 23.6. The molecule has 176 valence electrons. The standard InChI is InChI=1S/C20H22N4O6S3/c1-32(26,27)15-9-7-14(8-10-15)13-17-22-23-20(30-17)21-19(25)16-5-2-3-11-24(16)33(28,29)18-6-4-12-31-18/h4,6-10,12,16H,2-3,5,11,13H2,1H3,(H,21,23,25). The predicted molar refractivity (Wildman–Crippen MR) is 121 cm³/mol. The first-order valence-corrected chi connectivity index (χ1v) is 14.3. The predicted octanol–water partition coefficient (Wildman–Crippen LogP) is 2.31. The molecule has 1 aromatic carbocycles. The maximum atomic E-state index is 13.0. The topological polar surface area (TPSA) is 140 Å². The van der Waals surface area contributed by atoms with Gasteiger partial charge in [0.2, 0.25) is 11.8 Å². The zero-order valence-corrected chi connectivity index (χ0v) is 20.1. The third-order valence-electron chi connectivity index (χ3n) is 5.22. The normalized spacial score (nSPS) is 17.7. The summed E-state index contributed by atoms with van der Waals surface area (Å²) in [5, 5.41) is 12.0. The Labute approximate surface area is 195 Å². The minimum Gasteiger partial charge on any atom is -0.407 e. The minimum absolute atomic E-state index is 0.123. The van der Waals surface area contributed by atoms with Crippen LogP contribution in [-0.2, 0) is 31.1 Å². The second kappa shape index (κ2) is 9.33. The fourth-order valence-corrected chi connectivity index (χ4v) is 6.98. The van der Waals surface area contributed by atoms with Crippen LogP contribution < -0.4 is 5.32 Å². The average Bonchev–Trinajstić information content (AvgIpc) is 3.46. The number of sulfonamides is 1. The number of hydrogen-bond acceptors (Lipinski definition) is 9. The number of aromatic nitrogens is 2. The molecule has 13 heteroatoms. The molecule has 1 amide bonds. The molecule has 0 radical (unpaired) electrons. The number of carbonyl (C=O) groups excluding carboxylic acids is 1. The Morgan fingerprint density at radius 2 is 1.91 bits per heavy atom. The van der Waals surface area contributed by atoms with Crippen LogP contribution in [0.3, 0.4) is 0 Å². The third kappa shape index (κ3) is 5.32. The minimum atomic E-state index is -3.77. The summed E-state index contributed by atoms with van der Waals surface area (Å²) < 4.78 is 56.0. The molecule has 0 saturated carbocycles. The van der Waals surface area contributed by atoms with Gasteiger partial charge in [0.25, 0.3) is 10.0 Å². The van der Waals surface area contributed by atoms with E-state index in [1.54, 1.807) is 23.6 Å². The Balaban J connectivity index is 1.44. The van der Waals surface area contributed by atoms with E-state index in [9.17, 15) is 21.6 Å². The lowest BCUT2D eigenvalue weighted by Gasteiger charge is -2.32. The van der Waals surface area contributed by atoms with Crippen LogP contribution in [0.1, 0.15) is 30.7 Å². The molecule has 0 aliphatic carbocycles. The molecule has 1 saturated heterocycles. The third-order valence-corrected chi connectivity index (χ3v) is 9.63. The van der Waals surface area contributed by atoms with Gasteiger partial charge in [-0.3, -0.25) is 10.1 Å². The summed E-state index contributed by atoms with van der Waals surface area (Å²) >= 11 is 1.11. The van der Waals surface area contributed by atoms with Crippen molar-refractivity contribution >= 4 is 43.1 Å². The Morgan fingerprint density at radius 3 is 2.58 bits per heavy atom. The fourth-order valence-electron chi connectivity index (χ4n) is 3.57. The lowest BCUT2D eigenvalue weighted by molar-refractivity contribution is -0.120. The molecule has 10 nitrogen and oxygen atoms in total. The fraction of sp³-hybridized carbons (Fsp3) is 0.350. The molecule has 1 aliphatic rings. The molecule has 1 aliphatic heterocycles. The molecule has 0 bridgehead atoms. The van der Waals surface area contributed by atoms with Gasteiger partial charge in [0.15, 0.2) is 9.84 Å². The quantitative estimate of drug-likeness (QED) is 0.511. The maximum absolute atomic E-state index is 13.0. The van der Waals surface area contributed by atoms with Crippen molar-refractivity contribution in [2.24, 2.45) is 0 Å². The Hall–Kier alpha value is -2.61. The molecule has 3 heterocycles. The number of carbonyl (C=O) groups is 1. The largest absolute Gasteiger partial charge is 0.407 e. The summed E-state index contributed by atoms with van der Waals surface area (Å²) in [6.07, 6.45) is 3.18. The summed E-state index contributed by atoms with van der Waals surface area (Å²) in [6, 6.07) is 8.47. The molecule has 4 rings (SSSR count). The molecule has 1 N–H and O–H groups in total. The van der Waals surface area contributed by atoms with Crippen LogP contribution in [-0.4, -0.2) is 56.1 Å². The first-order chi connectivity index (χ1) is 15.6. The number of amides is 1. The molecular formula is C20H22N4O6S3. The van der Waals surface area contributed by atoms with Gasteiger partial charge in [0.05, 0.1) is 11.3 Å². The van der Waals surface area contributed by atoms with Gasteiger partial charge < -0.3 is 4.42 Å². The molecule has 2 aromatic heterocycles. The van der Waals surface area contributed by atoms with E-state index >= 15 is 0 Å². The highest BCUT2D eigenvalue weighted by Gasteiger charge is 2.38. The van der Waals surface area contributed by atoms with E-state index in [-0.39, 0.29) is 34.0 Å². The summed E-state index contributed by atoms with van der Waals surface area (Å²) in [5.74, 6) is -0.299. The maximum Gasteiger partial charge on any atom is 0.322 e. The Kier molecular flexibility index (Phi) is 6.66. The van der Waals surface area contributed by atoms with Crippen molar-refractivity contribution in [2.75, 3.05) is 18.1 Å². The Bertz CT molecular complexity index is 1330. The molecule has 1 unspecified atom stereocenters. The number of nitrogens with one attached hydrogen (secondary N) is 1. The van der Waals surface area contributed by atoms with Crippen molar-refractivity contribution < 1.29 is 26.0 Å². The second-order valence-electron chi connectivity index (χ2n) is 7.64. The number of benzene rings is 1. The first kappa shape index (κ1) is 23.5. The van der Waals surface area contributed by atoms with E-state index in [2.05, 4.69) is 15.5 Å². The van der Waals surface area contributed by atoms with E-state index in [1.807, 2.05) is 0 Å². The lowest BCUT2D eigenvalue weighted by Crippen LogP contribution is -2.49. The summed E-state index contributed by atoms with van der Waals surface area (Å²) in [4.78, 5) is 13.1. The van der Waals surface area contributed by atoms with E-state index in [0.717, 1.165) is 29.6 Å². The zero-order valence-electron chi connectivity index (χ0n) is 17.7. The van der Waals surface area contributed by atoms with Crippen molar-refractivity contribution in [3.05, 3.63) is 53.2 Å². The van der Waals surface area contributed by atoms with Gasteiger partial charge in [0, 0.05) is 12.8 Å². The molecule has 33 heavy (non-hydrogen) atoms. The van der Waals surface area contributed by atoms with Gasteiger partial charge >= 0.3 is 6.01 Å². The average molecular weight is 511 g/mol. The van der Waals surface area contributed by atoms with Gasteiger partial charge in [0.1, 0.15) is 10.3 Å². The molecule has 1 fully saturated rings. The monoisotopic (exact) mass is 510 g/mol. The van der Waals surface area contributed by atoms with Crippen molar-refractivity contribution in [1.29, 1.82) is 0 Å². The van der Waals surface area contributed by atoms with Crippen molar-refractivity contribution in [1.82, 2.24) is 14.5 Å². The number of thiophene rings is 1. The highest BCUT2D eigenvalue weighted by Crippen LogP contribution is 2.28. The smallest absolute Gasteiger partial charge is 0.322 e. The summed E-state index contributed by atoms with van der Waals surface area (Å²) in [6.45, 7) is 0.261. The van der Waals surface area contributed by atoms with Crippen LogP contribution in [0.25, 0.3) is 0 Å². The van der Waals surface area contributed by atoms with E-state index in [0.29, 0.717) is 12.8 Å². The van der Waals surface area contributed by atoms with E-state index in [1.165, 1.54) is 22.5 Å². The van der Waals surface area contributed by atoms with Gasteiger partial charge in [-0.2, -0.15) is 4.31 Å². The van der Waals surface area contributed by atoms with Crippen molar-refractivity contribution in [3.63, 3.8) is 0 Å². The van der Waals surface area contributed by atoms with Gasteiger partial charge in [-0.1, -0.05) is 29.7 Å². The van der Waals surface area contributed by atoms with Crippen molar-refractivity contribution in [2.45, 2.75) is 40.8 Å². The van der Waals surface area contributed by atoms with Crippen LogP contribution in [0.15, 0.2) is 55.3 Å². The summed E-state index contributed by atoms with van der Waals surface area (Å²) in [7, 11) is -7.06. The van der Waals surface area contributed by atoms with Gasteiger partial charge in [-0.05, 0) is 42.0 Å². The highest BCUT2D eigenvalue weighted by atomic mass is 32.2. The number of hydrogen-bond donors (Lipinski definition) is 1. The molecule has 0 spiro atoms. The Morgan fingerprint density at radius 1 is 1.15 bits per heavy atom. The number of anilines is 1. The van der Waals surface area contributed by atoms with Crippen LogP contribution >= 0.6 is 11.3 Å². The van der Waals surface area contributed by atoms with Crippen molar-refractivity contribution in [3.8, 4) is 0 Å². The SMILES string of the molecule is CS(=O)(=O)c1ccc(Cc2nnc(NC(=O)C3CCCCN3S(=O)(=O)c3cccs3)o2)cc1. The van der Waals surface area contributed by atoms with E-state index < -0.39 is 31.8 Å². The number of sulfone groups is 1. The lowest BCUT2D eigenvalue weighted by atomic mass is 10.0. The van der Waals surface area contributed by atoms with Gasteiger partial charge in [-0.15, -0.1) is 16.4 Å². The highest BCUT2D eigenvalue weighted by molar-refractivity contribution is 7.91. The van der Waals surface area contributed by atoms with Crippen LogP contribution in [0, 0.1) is 0 Å².